The lowest BCUT2D eigenvalue weighted by atomic mass is 10.2. The fourth-order valence-corrected chi connectivity index (χ4v) is 1.44. The Labute approximate surface area is 135 Å². The van der Waals surface area contributed by atoms with Crippen molar-refractivity contribution in [3.8, 4) is 11.5 Å². The molecule has 0 aliphatic heterocycles. The number of hydrogen-bond donors (Lipinski definition) is 2. The minimum absolute atomic E-state index is 0.659. The van der Waals surface area contributed by atoms with Gasteiger partial charge < -0.3 is 24.6 Å². The van der Waals surface area contributed by atoms with E-state index in [1.807, 2.05) is 51.4 Å². The van der Waals surface area contributed by atoms with Gasteiger partial charge in [-0.15, -0.1) is 0 Å². The molecule has 1 aromatic rings. The summed E-state index contributed by atoms with van der Waals surface area (Å²) in [7, 11) is 5.71. The molecular weight excluding hydrogens is 302 g/mol. The van der Waals surface area contributed by atoms with Gasteiger partial charge in [0.15, 0.2) is 11.5 Å². The first-order valence-electron chi connectivity index (χ1n) is 6.86. The maximum atomic E-state index is 9.10. The van der Waals surface area contributed by atoms with Crippen LogP contribution >= 0.6 is 0 Å². The first-order valence-corrected chi connectivity index (χ1v) is 6.86. The Hall–Kier alpha value is -2.54. The van der Waals surface area contributed by atoms with Gasteiger partial charge in [0, 0.05) is 6.54 Å². The van der Waals surface area contributed by atoms with E-state index in [1.165, 1.54) is 0 Å². The van der Waals surface area contributed by atoms with Gasteiger partial charge in [-0.2, -0.15) is 0 Å². The fourth-order valence-electron chi connectivity index (χ4n) is 1.44. The standard InChI is InChI=1S/C14H21NO2.C2H2O4/c1-5-6-12-7-8-13(14(11-12)16-4)17-10-9-15(2)3;3-1(4)2(5)6/h5-8,11H,9-10H2,1-4H3;(H,3,4)(H,5,6)/b6-5+;. The molecule has 0 bridgehead atoms. The Balaban J connectivity index is 0.000000688. The number of carboxylic acid groups (broad SMARTS) is 2. The van der Waals surface area contributed by atoms with Crippen LogP contribution in [0.3, 0.4) is 0 Å². The van der Waals surface area contributed by atoms with Crippen LogP contribution in [0.25, 0.3) is 6.08 Å². The highest BCUT2D eigenvalue weighted by atomic mass is 16.5. The number of carbonyl (C=O) groups is 2. The predicted molar refractivity (Wildman–Crippen MR) is 87.0 cm³/mol. The molecule has 2 N–H and O–H groups in total. The first-order chi connectivity index (χ1) is 10.8. The maximum Gasteiger partial charge on any atom is 0.414 e. The number of hydrogen-bond acceptors (Lipinski definition) is 5. The molecule has 0 amide bonds. The molecule has 0 aliphatic carbocycles. The summed E-state index contributed by atoms with van der Waals surface area (Å²) in [6, 6.07) is 5.95. The van der Waals surface area contributed by atoms with Gasteiger partial charge in [-0.1, -0.05) is 18.2 Å². The monoisotopic (exact) mass is 325 g/mol. The Morgan fingerprint density at radius 2 is 1.78 bits per heavy atom. The predicted octanol–water partition coefficient (Wildman–Crippen LogP) is 1.82. The smallest absolute Gasteiger partial charge is 0.414 e. The normalized spacial score (nSPS) is 10.1. The van der Waals surface area contributed by atoms with Crippen molar-refractivity contribution in [3.63, 3.8) is 0 Å². The first kappa shape index (κ1) is 20.5. The van der Waals surface area contributed by atoms with E-state index in [9.17, 15) is 0 Å². The third kappa shape index (κ3) is 9.15. The second-order valence-corrected chi connectivity index (χ2v) is 4.67. The van der Waals surface area contributed by atoms with Gasteiger partial charge in [0.1, 0.15) is 6.61 Å². The van der Waals surface area contributed by atoms with Crippen molar-refractivity contribution in [2.24, 2.45) is 0 Å². The van der Waals surface area contributed by atoms with E-state index < -0.39 is 11.9 Å². The zero-order valence-corrected chi connectivity index (χ0v) is 13.8. The van der Waals surface area contributed by atoms with Crippen LogP contribution in [-0.2, 0) is 9.59 Å². The number of ether oxygens (including phenoxy) is 2. The lowest BCUT2D eigenvalue weighted by molar-refractivity contribution is -0.159. The summed E-state index contributed by atoms with van der Waals surface area (Å²) in [6.45, 7) is 3.54. The number of benzene rings is 1. The SMILES string of the molecule is C/C=C/c1ccc(OCCN(C)C)c(OC)c1.O=C(O)C(=O)O. The highest BCUT2D eigenvalue weighted by Crippen LogP contribution is 2.28. The van der Waals surface area contributed by atoms with E-state index in [-0.39, 0.29) is 0 Å². The lowest BCUT2D eigenvalue weighted by Gasteiger charge is -2.13. The third-order valence-electron chi connectivity index (χ3n) is 2.53. The molecule has 7 nitrogen and oxygen atoms in total. The van der Waals surface area contributed by atoms with Crippen molar-refractivity contribution in [2.45, 2.75) is 6.92 Å². The Morgan fingerprint density at radius 1 is 1.17 bits per heavy atom. The Bertz CT molecular complexity index is 527. The number of likely N-dealkylation sites (N-methyl/N-ethyl adjacent to an activating group) is 1. The van der Waals surface area contributed by atoms with Crippen LogP contribution in [0, 0.1) is 0 Å². The summed E-state index contributed by atoms with van der Waals surface area (Å²) < 4.78 is 11.0. The molecule has 0 heterocycles. The second-order valence-electron chi connectivity index (χ2n) is 4.67. The molecule has 7 heteroatoms. The summed E-state index contributed by atoms with van der Waals surface area (Å²) in [5.41, 5.74) is 1.12. The van der Waals surface area contributed by atoms with Crippen molar-refractivity contribution in [1.82, 2.24) is 4.90 Å². The summed E-state index contributed by atoms with van der Waals surface area (Å²) in [5, 5.41) is 14.8. The number of rotatable bonds is 6. The number of allylic oxidation sites excluding steroid dienone is 1. The number of aliphatic carboxylic acids is 2. The van der Waals surface area contributed by atoms with Gasteiger partial charge in [0.05, 0.1) is 7.11 Å². The Kier molecular flexibility index (Phi) is 9.86. The molecule has 0 saturated heterocycles. The quantitative estimate of drug-likeness (QED) is 0.770. The molecule has 0 spiro atoms. The number of methoxy groups -OCH3 is 1. The zero-order valence-electron chi connectivity index (χ0n) is 13.8. The average Bonchev–Trinajstić information content (AvgIpc) is 2.49. The van der Waals surface area contributed by atoms with Crippen LogP contribution in [0.5, 0.6) is 11.5 Å². The van der Waals surface area contributed by atoms with Crippen LogP contribution in [0.1, 0.15) is 12.5 Å². The van der Waals surface area contributed by atoms with E-state index in [4.69, 9.17) is 29.3 Å². The minimum atomic E-state index is -1.82. The maximum absolute atomic E-state index is 9.10. The Morgan fingerprint density at radius 3 is 2.22 bits per heavy atom. The molecular formula is C16H23NO6. The molecule has 23 heavy (non-hydrogen) atoms. The molecule has 0 aliphatic rings. The van der Waals surface area contributed by atoms with Crippen molar-refractivity contribution < 1.29 is 29.3 Å². The van der Waals surface area contributed by atoms with Crippen molar-refractivity contribution >= 4 is 18.0 Å². The van der Waals surface area contributed by atoms with Gasteiger partial charge in [-0.3, -0.25) is 0 Å². The topological polar surface area (TPSA) is 96.3 Å². The van der Waals surface area contributed by atoms with Gasteiger partial charge >= 0.3 is 11.9 Å². The van der Waals surface area contributed by atoms with Crippen LogP contribution in [0.4, 0.5) is 0 Å². The molecule has 1 aromatic carbocycles. The molecule has 0 atom stereocenters. The minimum Gasteiger partial charge on any atom is -0.493 e. The van der Waals surface area contributed by atoms with Crippen LogP contribution in [-0.4, -0.2) is 61.4 Å². The fraction of sp³-hybridized carbons (Fsp3) is 0.375. The molecule has 0 aromatic heterocycles. The zero-order chi connectivity index (χ0) is 17.8. The number of nitrogens with zero attached hydrogens (tertiary/aromatic N) is 1. The van der Waals surface area contributed by atoms with E-state index in [1.54, 1.807) is 7.11 Å². The van der Waals surface area contributed by atoms with E-state index >= 15 is 0 Å². The van der Waals surface area contributed by atoms with E-state index in [2.05, 4.69) is 4.90 Å². The molecule has 128 valence electrons. The van der Waals surface area contributed by atoms with Crippen LogP contribution < -0.4 is 9.47 Å². The van der Waals surface area contributed by atoms with Crippen LogP contribution in [0.15, 0.2) is 24.3 Å². The van der Waals surface area contributed by atoms with Gasteiger partial charge in [-0.05, 0) is 38.7 Å². The van der Waals surface area contributed by atoms with Crippen LogP contribution in [0.2, 0.25) is 0 Å². The van der Waals surface area contributed by atoms with Crippen molar-refractivity contribution in [3.05, 3.63) is 29.8 Å². The van der Waals surface area contributed by atoms with Gasteiger partial charge in [-0.25, -0.2) is 9.59 Å². The van der Waals surface area contributed by atoms with E-state index in [0.29, 0.717) is 6.61 Å². The summed E-state index contributed by atoms with van der Waals surface area (Å²) >= 11 is 0. The largest absolute Gasteiger partial charge is 0.493 e. The highest BCUT2D eigenvalue weighted by Gasteiger charge is 2.05. The third-order valence-corrected chi connectivity index (χ3v) is 2.53. The highest BCUT2D eigenvalue weighted by molar-refractivity contribution is 6.27. The van der Waals surface area contributed by atoms with Gasteiger partial charge in [0.25, 0.3) is 0 Å². The van der Waals surface area contributed by atoms with Gasteiger partial charge in [0.2, 0.25) is 0 Å². The summed E-state index contributed by atoms with van der Waals surface area (Å²) in [5.74, 6) is -2.08. The molecule has 0 fully saturated rings. The van der Waals surface area contributed by atoms with E-state index in [0.717, 1.165) is 23.6 Å². The molecule has 0 unspecified atom stereocenters. The molecule has 0 saturated carbocycles. The number of carboxylic acids is 2. The summed E-state index contributed by atoms with van der Waals surface area (Å²) in [6.07, 6.45) is 4.04. The summed E-state index contributed by atoms with van der Waals surface area (Å²) in [4.78, 5) is 20.3. The molecule has 0 radical (unpaired) electrons. The van der Waals surface area contributed by atoms with Crippen molar-refractivity contribution in [2.75, 3.05) is 34.4 Å². The average molecular weight is 325 g/mol. The lowest BCUT2D eigenvalue weighted by Crippen LogP contribution is -2.19. The molecule has 1 rings (SSSR count). The van der Waals surface area contributed by atoms with Crippen molar-refractivity contribution in [1.29, 1.82) is 0 Å². The second kappa shape index (κ2) is 11.1.